The van der Waals surface area contributed by atoms with Gasteiger partial charge in [0.25, 0.3) is 9.84 Å². The average molecular weight is 386 g/mol. The van der Waals surface area contributed by atoms with Crippen LogP contribution in [-0.2, 0) is 9.84 Å². The van der Waals surface area contributed by atoms with Gasteiger partial charge in [-0.15, -0.1) is 0 Å². The fourth-order valence-electron chi connectivity index (χ4n) is 2.90. The van der Waals surface area contributed by atoms with Crippen molar-refractivity contribution < 1.29 is 21.6 Å². The Hall–Kier alpha value is -2.36. The summed E-state index contributed by atoms with van der Waals surface area (Å²) >= 11 is 0. The third kappa shape index (κ3) is 3.74. The molecule has 0 radical (unpaired) electrons. The number of hydrogen-bond acceptors (Lipinski definition) is 6. The van der Waals surface area contributed by atoms with Crippen molar-refractivity contribution in [2.24, 2.45) is 0 Å². The van der Waals surface area contributed by atoms with Gasteiger partial charge in [0.2, 0.25) is 5.95 Å². The molecule has 0 saturated carbocycles. The van der Waals surface area contributed by atoms with E-state index in [1.807, 2.05) is 4.90 Å². The first-order chi connectivity index (χ1) is 12.3. The molecule has 0 bridgehead atoms. The monoisotopic (exact) mass is 386 g/mol. The molecule has 3 rings (SSSR count). The van der Waals surface area contributed by atoms with Crippen LogP contribution >= 0.6 is 0 Å². The zero-order valence-corrected chi connectivity index (χ0v) is 14.5. The number of aromatic nitrogens is 2. The van der Waals surface area contributed by atoms with Crippen molar-refractivity contribution in [3.8, 4) is 0 Å². The van der Waals surface area contributed by atoms with Gasteiger partial charge in [0, 0.05) is 31.5 Å². The highest BCUT2D eigenvalue weighted by molar-refractivity contribution is 7.92. The van der Waals surface area contributed by atoms with Crippen molar-refractivity contribution in [2.45, 2.75) is 29.3 Å². The topological polar surface area (TPSA) is 75.2 Å². The van der Waals surface area contributed by atoms with Gasteiger partial charge >= 0.3 is 5.51 Å². The van der Waals surface area contributed by atoms with Crippen molar-refractivity contribution in [1.82, 2.24) is 9.97 Å². The molecule has 0 amide bonds. The smallest absolute Gasteiger partial charge is 0.379 e. The molecule has 0 aliphatic carbocycles. The predicted molar refractivity (Wildman–Crippen MR) is 90.6 cm³/mol. The maximum Gasteiger partial charge on any atom is 0.501 e. The maximum atomic E-state index is 12.9. The quantitative estimate of drug-likeness (QED) is 0.871. The summed E-state index contributed by atoms with van der Waals surface area (Å²) < 4.78 is 62.4. The first-order valence-corrected chi connectivity index (χ1v) is 9.46. The van der Waals surface area contributed by atoms with E-state index in [1.54, 1.807) is 18.5 Å². The molecular weight excluding hydrogens is 369 g/mol. The van der Waals surface area contributed by atoms with E-state index in [0.717, 1.165) is 19.0 Å². The van der Waals surface area contributed by atoms with Crippen LogP contribution in [0.1, 0.15) is 12.8 Å². The number of benzene rings is 1. The second-order valence-corrected chi connectivity index (χ2v) is 7.83. The number of para-hydroxylation sites is 1. The van der Waals surface area contributed by atoms with Gasteiger partial charge < -0.3 is 10.2 Å². The molecule has 10 heteroatoms. The molecule has 1 fully saturated rings. The molecule has 2 aromatic rings. The van der Waals surface area contributed by atoms with Gasteiger partial charge in [-0.2, -0.15) is 13.2 Å². The average Bonchev–Trinajstić information content (AvgIpc) is 2.62. The molecule has 26 heavy (non-hydrogen) atoms. The van der Waals surface area contributed by atoms with E-state index < -0.39 is 20.2 Å². The normalized spacial score (nSPS) is 18.6. The number of halogens is 3. The lowest BCUT2D eigenvalue weighted by Gasteiger charge is -2.34. The molecule has 1 aliphatic heterocycles. The Kier molecular flexibility index (Phi) is 5.03. The van der Waals surface area contributed by atoms with Gasteiger partial charge in [-0.3, -0.25) is 0 Å². The van der Waals surface area contributed by atoms with E-state index in [9.17, 15) is 21.6 Å². The van der Waals surface area contributed by atoms with E-state index in [2.05, 4.69) is 15.3 Å². The lowest BCUT2D eigenvalue weighted by atomic mass is 10.1. The highest BCUT2D eigenvalue weighted by atomic mass is 32.2. The zero-order valence-electron chi connectivity index (χ0n) is 13.6. The van der Waals surface area contributed by atoms with Crippen LogP contribution in [0.5, 0.6) is 0 Å². The first-order valence-electron chi connectivity index (χ1n) is 7.98. The van der Waals surface area contributed by atoms with Crippen LogP contribution in [0, 0.1) is 0 Å². The summed E-state index contributed by atoms with van der Waals surface area (Å²) in [5.41, 5.74) is -5.40. The summed E-state index contributed by atoms with van der Waals surface area (Å²) in [6.45, 7) is 1.19. The Morgan fingerprint density at radius 1 is 1.12 bits per heavy atom. The molecule has 1 aromatic heterocycles. The zero-order chi connectivity index (χ0) is 18.8. The fourth-order valence-corrected chi connectivity index (χ4v) is 3.82. The fraction of sp³-hybridized carbons (Fsp3) is 0.375. The molecule has 2 heterocycles. The standard InChI is InChI=1S/C16H17F3N4O2S/c17-16(18,19)26(24,25)14-7-2-1-6-13(14)22-12-5-3-10-23(11-12)15-20-8-4-9-21-15/h1-2,4,6-9,12,22H,3,5,10-11H2. The minimum atomic E-state index is -5.42. The highest BCUT2D eigenvalue weighted by Crippen LogP contribution is 2.34. The molecule has 1 aromatic carbocycles. The van der Waals surface area contributed by atoms with Crippen molar-refractivity contribution in [1.29, 1.82) is 0 Å². The Bertz CT molecular complexity index is 859. The second kappa shape index (κ2) is 7.10. The van der Waals surface area contributed by atoms with Crippen LogP contribution in [0.4, 0.5) is 24.8 Å². The van der Waals surface area contributed by atoms with E-state index >= 15 is 0 Å². The Balaban J connectivity index is 1.82. The molecule has 1 atom stereocenters. The summed E-state index contributed by atoms with van der Waals surface area (Å²) in [5, 5.41) is 2.95. The van der Waals surface area contributed by atoms with Gasteiger partial charge in [0.1, 0.15) is 0 Å². The van der Waals surface area contributed by atoms with E-state index in [4.69, 9.17) is 0 Å². The van der Waals surface area contributed by atoms with Crippen molar-refractivity contribution in [3.63, 3.8) is 0 Å². The maximum absolute atomic E-state index is 12.9. The van der Waals surface area contributed by atoms with E-state index in [1.165, 1.54) is 18.2 Å². The largest absolute Gasteiger partial charge is 0.501 e. The Labute approximate surface area is 149 Å². The van der Waals surface area contributed by atoms with Gasteiger partial charge in [0.05, 0.1) is 10.6 Å². The van der Waals surface area contributed by atoms with E-state index in [0.29, 0.717) is 18.9 Å². The van der Waals surface area contributed by atoms with Crippen LogP contribution < -0.4 is 10.2 Å². The summed E-state index contributed by atoms with van der Waals surface area (Å²) in [6, 6.07) is 6.55. The number of sulfone groups is 1. The highest BCUT2D eigenvalue weighted by Gasteiger charge is 2.48. The lowest BCUT2D eigenvalue weighted by molar-refractivity contribution is -0.0435. The summed E-state index contributed by atoms with van der Waals surface area (Å²) in [5.74, 6) is 0.537. The molecule has 1 unspecified atom stereocenters. The second-order valence-electron chi connectivity index (χ2n) is 5.92. The van der Waals surface area contributed by atoms with Crippen LogP contribution in [0.2, 0.25) is 0 Å². The molecule has 6 nitrogen and oxygen atoms in total. The number of rotatable bonds is 4. The third-order valence-corrected chi connectivity index (χ3v) is 5.64. The summed E-state index contributed by atoms with van der Waals surface area (Å²) in [7, 11) is -5.42. The minimum absolute atomic E-state index is 0.0503. The third-order valence-electron chi connectivity index (χ3n) is 4.10. The molecule has 1 aliphatic rings. The van der Waals surface area contributed by atoms with Crippen LogP contribution in [0.3, 0.4) is 0 Å². The minimum Gasteiger partial charge on any atom is -0.379 e. The van der Waals surface area contributed by atoms with Crippen molar-refractivity contribution in [3.05, 3.63) is 42.7 Å². The summed E-state index contributed by atoms with van der Waals surface area (Å²) in [6.07, 6.45) is 4.71. The number of alkyl halides is 3. The van der Waals surface area contributed by atoms with Crippen LogP contribution in [0.25, 0.3) is 0 Å². The predicted octanol–water partition coefficient (Wildman–Crippen LogP) is 2.85. The molecule has 1 saturated heterocycles. The van der Waals surface area contributed by atoms with Crippen LogP contribution in [-0.4, -0.2) is 43.0 Å². The summed E-state index contributed by atoms with van der Waals surface area (Å²) in [4.78, 5) is 9.51. The molecule has 1 N–H and O–H groups in total. The van der Waals surface area contributed by atoms with Gasteiger partial charge in [0.15, 0.2) is 0 Å². The number of piperidine rings is 1. The van der Waals surface area contributed by atoms with Crippen molar-refractivity contribution in [2.75, 3.05) is 23.3 Å². The Morgan fingerprint density at radius 2 is 1.81 bits per heavy atom. The molecule has 0 spiro atoms. The number of nitrogens with one attached hydrogen (secondary N) is 1. The molecule has 140 valence electrons. The van der Waals surface area contributed by atoms with Gasteiger partial charge in [-0.05, 0) is 31.0 Å². The SMILES string of the molecule is O=S(=O)(c1ccccc1NC1CCCN(c2ncccn2)C1)C(F)(F)F. The Morgan fingerprint density at radius 3 is 2.50 bits per heavy atom. The lowest BCUT2D eigenvalue weighted by Crippen LogP contribution is -2.43. The molecular formula is C16H17F3N4O2S. The first kappa shape index (κ1) is 18.4. The number of hydrogen-bond donors (Lipinski definition) is 1. The van der Waals surface area contributed by atoms with Crippen molar-refractivity contribution >= 4 is 21.5 Å². The van der Waals surface area contributed by atoms with Gasteiger partial charge in [-0.1, -0.05) is 12.1 Å². The number of anilines is 2. The van der Waals surface area contributed by atoms with Crippen LogP contribution in [0.15, 0.2) is 47.6 Å². The van der Waals surface area contributed by atoms with Gasteiger partial charge in [-0.25, -0.2) is 18.4 Å². The van der Waals surface area contributed by atoms with E-state index in [-0.39, 0.29) is 11.7 Å². The number of nitrogens with zero attached hydrogens (tertiary/aromatic N) is 3.